The van der Waals surface area contributed by atoms with E-state index in [9.17, 15) is 13.2 Å². The number of aromatic carboxylic acids is 1. The SMILES string of the molecule is NS(=O)(=O)c1cc(Br)ccc1C(=O)O. The second-order valence-corrected chi connectivity index (χ2v) is 4.94. The Morgan fingerprint density at radius 2 is 2.00 bits per heavy atom. The van der Waals surface area contributed by atoms with Crippen molar-refractivity contribution in [2.24, 2.45) is 5.14 Å². The van der Waals surface area contributed by atoms with Crippen molar-refractivity contribution in [2.75, 3.05) is 0 Å². The Balaban J connectivity index is 3.54. The first-order valence-corrected chi connectivity index (χ1v) is 5.72. The lowest BCUT2D eigenvalue weighted by atomic mass is 10.2. The maximum atomic E-state index is 11.0. The lowest BCUT2D eigenvalue weighted by molar-refractivity contribution is 0.0692. The van der Waals surface area contributed by atoms with Gasteiger partial charge in [-0.15, -0.1) is 0 Å². The molecular formula is C7H6BrNO4S. The first-order chi connectivity index (χ1) is 6.32. The van der Waals surface area contributed by atoms with Gasteiger partial charge < -0.3 is 5.11 Å². The van der Waals surface area contributed by atoms with Gasteiger partial charge in [0.2, 0.25) is 10.0 Å². The molecule has 0 spiro atoms. The molecular weight excluding hydrogens is 274 g/mol. The molecule has 7 heteroatoms. The highest BCUT2D eigenvalue weighted by atomic mass is 79.9. The van der Waals surface area contributed by atoms with Gasteiger partial charge in [-0.2, -0.15) is 0 Å². The van der Waals surface area contributed by atoms with E-state index >= 15 is 0 Å². The Morgan fingerprint density at radius 3 is 2.43 bits per heavy atom. The number of nitrogens with two attached hydrogens (primary N) is 1. The normalized spacial score (nSPS) is 11.3. The Labute approximate surface area is 88.7 Å². The molecule has 1 rings (SSSR count). The molecule has 14 heavy (non-hydrogen) atoms. The smallest absolute Gasteiger partial charge is 0.337 e. The second kappa shape index (κ2) is 3.68. The van der Waals surface area contributed by atoms with E-state index in [0.29, 0.717) is 4.47 Å². The molecule has 0 unspecified atom stereocenters. The number of carboxylic acids is 1. The van der Waals surface area contributed by atoms with Gasteiger partial charge in [-0.1, -0.05) is 15.9 Å². The maximum absolute atomic E-state index is 11.0. The summed E-state index contributed by atoms with van der Waals surface area (Å²) in [6, 6.07) is 3.75. The molecule has 0 atom stereocenters. The van der Waals surface area contributed by atoms with Crippen LogP contribution in [0.3, 0.4) is 0 Å². The predicted molar refractivity (Wildman–Crippen MR) is 52.5 cm³/mol. The first-order valence-electron chi connectivity index (χ1n) is 3.38. The topological polar surface area (TPSA) is 97.5 Å². The largest absolute Gasteiger partial charge is 0.478 e. The van der Waals surface area contributed by atoms with Crippen LogP contribution in [0.2, 0.25) is 0 Å². The van der Waals surface area contributed by atoms with Crippen molar-refractivity contribution in [1.29, 1.82) is 0 Å². The van der Waals surface area contributed by atoms with E-state index in [1.54, 1.807) is 0 Å². The number of carboxylic acid groups (broad SMARTS) is 1. The standard InChI is InChI=1S/C7H6BrNO4S/c8-4-1-2-5(7(10)11)6(3-4)14(9,12)13/h1-3H,(H,10,11)(H2,9,12,13). The lowest BCUT2D eigenvalue weighted by Crippen LogP contribution is -2.16. The number of rotatable bonds is 2. The zero-order chi connectivity index (χ0) is 10.9. The second-order valence-electron chi connectivity index (χ2n) is 2.49. The Morgan fingerprint density at radius 1 is 1.43 bits per heavy atom. The minimum atomic E-state index is -4.01. The number of hydrogen-bond acceptors (Lipinski definition) is 3. The fourth-order valence-corrected chi connectivity index (χ4v) is 2.17. The number of primary sulfonamides is 1. The van der Waals surface area contributed by atoms with Gasteiger partial charge in [0.1, 0.15) is 0 Å². The molecule has 1 aromatic carbocycles. The summed E-state index contributed by atoms with van der Waals surface area (Å²) in [5.41, 5.74) is -0.337. The Hall–Kier alpha value is -0.920. The van der Waals surface area contributed by atoms with Crippen molar-refractivity contribution < 1.29 is 18.3 Å². The van der Waals surface area contributed by atoms with Crippen molar-refractivity contribution in [2.45, 2.75) is 4.90 Å². The zero-order valence-electron chi connectivity index (χ0n) is 6.77. The van der Waals surface area contributed by atoms with Crippen molar-refractivity contribution >= 4 is 31.9 Å². The van der Waals surface area contributed by atoms with Gasteiger partial charge >= 0.3 is 5.97 Å². The summed E-state index contributed by atoms with van der Waals surface area (Å²) in [6.07, 6.45) is 0. The van der Waals surface area contributed by atoms with Gasteiger partial charge in [0.15, 0.2) is 0 Å². The van der Waals surface area contributed by atoms with Crippen LogP contribution in [-0.4, -0.2) is 19.5 Å². The minimum absolute atomic E-state index is 0.337. The van der Waals surface area contributed by atoms with Crippen LogP contribution in [0.4, 0.5) is 0 Å². The van der Waals surface area contributed by atoms with E-state index in [1.807, 2.05) is 0 Å². The van der Waals surface area contributed by atoms with Crippen LogP contribution in [0.1, 0.15) is 10.4 Å². The molecule has 5 nitrogen and oxygen atoms in total. The summed E-state index contributed by atoms with van der Waals surface area (Å²) in [6.45, 7) is 0. The third-order valence-electron chi connectivity index (χ3n) is 1.48. The lowest BCUT2D eigenvalue weighted by Gasteiger charge is -2.03. The Kier molecular flexibility index (Phi) is 2.93. The molecule has 0 fully saturated rings. The summed E-state index contributed by atoms with van der Waals surface area (Å²) in [7, 11) is -4.01. The number of halogens is 1. The molecule has 76 valence electrons. The summed E-state index contributed by atoms with van der Waals surface area (Å²) in [5, 5.41) is 13.5. The Bertz CT molecular complexity index is 482. The van der Waals surface area contributed by atoms with Crippen LogP contribution < -0.4 is 5.14 Å². The van der Waals surface area contributed by atoms with Crippen molar-refractivity contribution in [1.82, 2.24) is 0 Å². The molecule has 0 aliphatic heterocycles. The van der Waals surface area contributed by atoms with E-state index in [-0.39, 0.29) is 5.56 Å². The van der Waals surface area contributed by atoms with Crippen LogP contribution in [-0.2, 0) is 10.0 Å². The highest BCUT2D eigenvalue weighted by Crippen LogP contribution is 2.19. The third-order valence-corrected chi connectivity index (χ3v) is 2.92. The number of benzene rings is 1. The predicted octanol–water partition coefficient (Wildman–Crippen LogP) is 0.795. The molecule has 0 radical (unpaired) electrons. The van der Waals surface area contributed by atoms with Crippen LogP contribution in [0, 0.1) is 0 Å². The average Bonchev–Trinajstić information content (AvgIpc) is 2.01. The van der Waals surface area contributed by atoms with Gasteiger partial charge in [0.25, 0.3) is 0 Å². The number of hydrogen-bond donors (Lipinski definition) is 2. The molecule has 0 aliphatic rings. The highest BCUT2D eigenvalue weighted by Gasteiger charge is 2.18. The van der Waals surface area contributed by atoms with Gasteiger partial charge in [0, 0.05) is 4.47 Å². The third kappa shape index (κ3) is 2.31. The van der Waals surface area contributed by atoms with E-state index < -0.39 is 20.9 Å². The van der Waals surface area contributed by atoms with E-state index in [0.717, 1.165) is 6.07 Å². The summed E-state index contributed by atoms with van der Waals surface area (Å²) in [5.74, 6) is -1.33. The fourth-order valence-electron chi connectivity index (χ4n) is 0.908. The molecule has 0 amide bonds. The monoisotopic (exact) mass is 279 g/mol. The van der Waals surface area contributed by atoms with Crippen LogP contribution in [0.15, 0.2) is 27.6 Å². The van der Waals surface area contributed by atoms with Crippen LogP contribution in [0.25, 0.3) is 0 Å². The first kappa shape index (κ1) is 11.2. The zero-order valence-corrected chi connectivity index (χ0v) is 9.17. The van der Waals surface area contributed by atoms with Gasteiger partial charge in [-0.3, -0.25) is 0 Å². The maximum Gasteiger partial charge on any atom is 0.337 e. The fraction of sp³-hybridized carbons (Fsp3) is 0. The highest BCUT2D eigenvalue weighted by molar-refractivity contribution is 9.10. The van der Waals surface area contributed by atoms with Gasteiger partial charge in [-0.25, -0.2) is 18.4 Å². The number of carbonyl (C=O) groups is 1. The molecule has 0 aliphatic carbocycles. The summed E-state index contributed by atoms with van der Waals surface area (Å²) >= 11 is 3.02. The molecule has 0 saturated heterocycles. The minimum Gasteiger partial charge on any atom is -0.478 e. The van der Waals surface area contributed by atoms with Crippen molar-refractivity contribution in [3.8, 4) is 0 Å². The molecule has 0 heterocycles. The molecule has 0 saturated carbocycles. The van der Waals surface area contributed by atoms with E-state index in [2.05, 4.69) is 15.9 Å². The van der Waals surface area contributed by atoms with Gasteiger partial charge in [-0.05, 0) is 18.2 Å². The van der Waals surface area contributed by atoms with Crippen LogP contribution >= 0.6 is 15.9 Å². The van der Waals surface area contributed by atoms with Crippen molar-refractivity contribution in [3.05, 3.63) is 28.2 Å². The molecule has 0 aromatic heterocycles. The van der Waals surface area contributed by atoms with E-state index in [4.69, 9.17) is 10.2 Å². The van der Waals surface area contributed by atoms with Crippen LogP contribution in [0.5, 0.6) is 0 Å². The van der Waals surface area contributed by atoms with Crippen molar-refractivity contribution in [3.63, 3.8) is 0 Å². The summed E-state index contributed by atoms with van der Waals surface area (Å²) < 4.78 is 22.5. The van der Waals surface area contributed by atoms with Gasteiger partial charge in [0.05, 0.1) is 10.5 Å². The quantitative estimate of drug-likeness (QED) is 0.837. The molecule has 3 N–H and O–H groups in total. The van der Waals surface area contributed by atoms with E-state index in [1.165, 1.54) is 12.1 Å². The summed E-state index contributed by atoms with van der Waals surface area (Å²) in [4.78, 5) is 10.2. The molecule has 0 bridgehead atoms. The molecule has 1 aromatic rings. The average molecular weight is 280 g/mol. The number of sulfonamides is 1.